The van der Waals surface area contributed by atoms with Crippen molar-refractivity contribution < 1.29 is 9.18 Å². The van der Waals surface area contributed by atoms with Gasteiger partial charge in [0, 0.05) is 33.2 Å². The second-order valence-electron chi connectivity index (χ2n) is 4.84. The molecule has 21 heavy (non-hydrogen) atoms. The fourth-order valence-corrected chi connectivity index (χ4v) is 2.34. The minimum atomic E-state index is -0.375. The average Bonchev–Trinajstić information content (AvgIpc) is 2.94. The first-order chi connectivity index (χ1) is 10.2. The normalized spacial score (nSPS) is 15.3. The molecular formula is C13H15FN6O. The van der Waals surface area contributed by atoms with E-state index in [1.54, 1.807) is 22.7 Å². The summed E-state index contributed by atoms with van der Waals surface area (Å²) in [7, 11) is 1.76. The number of rotatable bonds is 3. The number of piperazine rings is 1. The lowest BCUT2D eigenvalue weighted by atomic mass is 10.2. The molecule has 8 heteroatoms. The summed E-state index contributed by atoms with van der Waals surface area (Å²) in [6, 6.07) is 2.98. The highest BCUT2D eigenvalue weighted by molar-refractivity contribution is 5.55. The molecule has 2 aromatic heterocycles. The molecule has 0 saturated carbocycles. The van der Waals surface area contributed by atoms with E-state index in [0.29, 0.717) is 43.5 Å². The molecule has 1 aliphatic rings. The summed E-state index contributed by atoms with van der Waals surface area (Å²) in [6.45, 7) is 2.26. The van der Waals surface area contributed by atoms with Gasteiger partial charge in [0.25, 0.3) is 0 Å². The van der Waals surface area contributed by atoms with Gasteiger partial charge in [-0.25, -0.2) is 19.0 Å². The molecule has 0 bridgehead atoms. The lowest BCUT2D eigenvalue weighted by molar-refractivity contribution is -0.118. The van der Waals surface area contributed by atoms with Gasteiger partial charge in [-0.05, 0) is 12.1 Å². The molecule has 0 atom stereocenters. The zero-order chi connectivity index (χ0) is 14.8. The number of halogens is 1. The average molecular weight is 290 g/mol. The predicted molar refractivity (Wildman–Crippen MR) is 74.0 cm³/mol. The molecule has 0 unspecified atom stereocenters. The van der Waals surface area contributed by atoms with Crippen molar-refractivity contribution in [2.24, 2.45) is 7.05 Å². The van der Waals surface area contributed by atoms with Crippen LogP contribution in [0, 0.1) is 5.82 Å². The van der Waals surface area contributed by atoms with Gasteiger partial charge in [-0.15, -0.1) is 0 Å². The summed E-state index contributed by atoms with van der Waals surface area (Å²) in [4.78, 5) is 22.7. The molecule has 0 spiro atoms. The van der Waals surface area contributed by atoms with Crippen molar-refractivity contribution in [3.63, 3.8) is 0 Å². The van der Waals surface area contributed by atoms with E-state index in [-0.39, 0.29) is 5.82 Å². The standard InChI is InChI=1S/C13H15FN6O/c1-18-13(15-8-16-18)11-3-2-10(14)12(17-11)20-6-4-19(9-21)5-7-20/h2-3,8-9H,4-7H2,1H3. The van der Waals surface area contributed by atoms with E-state index in [0.717, 1.165) is 6.41 Å². The number of carbonyl (C=O) groups is 1. The van der Waals surface area contributed by atoms with Crippen LogP contribution in [0.4, 0.5) is 10.2 Å². The van der Waals surface area contributed by atoms with Gasteiger partial charge in [-0.1, -0.05) is 0 Å². The van der Waals surface area contributed by atoms with Crippen LogP contribution in [0.5, 0.6) is 0 Å². The maximum atomic E-state index is 14.0. The van der Waals surface area contributed by atoms with Crippen molar-refractivity contribution >= 4 is 12.2 Å². The summed E-state index contributed by atoms with van der Waals surface area (Å²) in [5.74, 6) is 0.504. The maximum absolute atomic E-state index is 14.0. The Bertz CT molecular complexity index is 650. The Kier molecular flexibility index (Phi) is 3.51. The zero-order valence-corrected chi connectivity index (χ0v) is 11.6. The Labute approximate surface area is 121 Å². The number of aromatic nitrogens is 4. The van der Waals surface area contributed by atoms with E-state index >= 15 is 0 Å². The third-order valence-electron chi connectivity index (χ3n) is 3.53. The molecule has 1 amide bonds. The molecule has 3 rings (SSSR count). The Morgan fingerprint density at radius 2 is 2.00 bits per heavy atom. The van der Waals surface area contributed by atoms with Crippen LogP contribution in [-0.2, 0) is 11.8 Å². The first-order valence-corrected chi connectivity index (χ1v) is 6.64. The van der Waals surface area contributed by atoms with Crippen molar-refractivity contribution in [1.82, 2.24) is 24.6 Å². The Morgan fingerprint density at radius 1 is 1.24 bits per heavy atom. The van der Waals surface area contributed by atoms with Crippen LogP contribution in [0.3, 0.4) is 0 Å². The summed E-state index contributed by atoms with van der Waals surface area (Å²) >= 11 is 0. The van der Waals surface area contributed by atoms with Crippen LogP contribution in [-0.4, -0.2) is 57.2 Å². The molecule has 1 saturated heterocycles. The second-order valence-corrected chi connectivity index (χ2v) is 4.84. The van der Waals surface area contributed by atoms with Crippen LogP contribution in [0.1, 0.15) is 0 Å². The van der Waals surface area contributed by atoms with E-state index in [2.05, 4.69) is 15.1 Å². The molecule has 1 fully saturated rings. The van der Waals surface area contributed by atoms with Crippen LogP contribution >= 0.6 is 0 Å². The zero-order valence-electron chi connectivity index (χ0n) is 11.6. The van der Waals surface area contributed by atoms with E-state index < -0.39 is 0 Å². The number of anilines is 1. The lowest BCUT2D eigenvalue weighted by Gasteiger charge is -2.33. The summed E-state index contributed by atoms with van der Waals surface area (Å²) in [5, 5.41) is 3.99. The molecule has 2 aromatic rings. The van der Waals surface area contributed by atoms with Gasteiger partial charge in [-0.3, -0.25) is 4.79 Å². The van der Waals surface area contributed by atoms with Crippen molar-refractivity contribution in [3.8, 4) is 11.5 Å². The van der Waals surface area contributed by atoms with Gasteiger partial charge in [0.05, 0.1) is 0 Å². The fourth-order valence-electron chi connectivity index (χ4n) is 2.34. The van der Waals surface area contributed by atoms with E-state index in [4.69, 9.17) is 0 Å². The molecule has 0 N–H and O–H groups in total. The quantitative estimate of drug-likeness (QED) is 0.760. The van der Waals surface area contributed by atoms with E-state index in [9.17, 15) is 9.18 Å². The summed E-state index contributed by atoms with van der Waals surface area (Å²) < 4.78 is 15.6. The molecule has 3 heterocycles. The number of amides is 1. The SMILES string of the molecule is Cn1ncnc1-c1ccc(F)c(N2CCN(C=O)CC2)n1. The molecular weight excluding hydrogens is 275 g/mol. The Morgan fingerprint density at radius 3 is 2.62 bits per heavy atom. The number of hydrogen-bond acceptors (Lipinski definition) is 5. The first kappa shape index (κ1) is 13.5. The molecule has 1 aliphatic heterocycles. The van der Waals surface area contributed by atoms with E-state index in [1.165, 1.54) is 12.4 Å². The van der Waals surface area contributed by atoms with Crippen molar-refractivity contribution in [3.05, 3.63) is 24.3 Å². The van der Waals surface area contributed by atoms with Gasteiger partial charge in [-0.2, -0.15) is 5.10 Å². The number of carbonyl (C=O) groups excluding carboxylic acids is 1. The second kappa shape index (κ2) is 5.47. The lowest BCUT2D eigenvalue weighted by Crippen LogP contribution is -2.46. The van der Waals surface area contributed by atoms with Crippen molar-refractivity contribution in [2.75, 3.05) is 31.1 Å². The Hall–Kier alpha value is -2.51. The third kappa shape index (κ3) is 2.56. The molecule has 0 radical (unpaired) electrons. The van der Waals surface area contributed by atoms with Crippen LogP contribution in [0.15, 0.2) is 18.5 Å². The number of nitrogens with zero attached hydrogens (tertiary/aromatic N) is 6. The topological polar surface area (TPSA) is 67.2 Å². The molecule has 7 nitrogen and oxygen atoms in total. The summed E-state index contributed by atoms with van der Waals surface area (Å²) in [6.07, 6.45) is 2.25. The Balaban J connectivity index is 1.89. The third-order valence-corrected chi connectivity index (χ3v) is 3.53. The highest BCUT2D eigenvalue weighted by atomic mass is 19.1. The highest BCUT2D eigenvalue weighted by Gasteiger charge is 2.21. The summed E-state index contributed by atoms with van der Waals surface area (Å²) in [5.41, 5.74) is 0.573. The minimum Gasteiger partial charge on any atom is -0.351 e. The first-order valence-electron chi connectivity index (χ1n) is 6.64. The smallest absolute Gasteiger partial charge is 0.209 e. The van der Waals surface area contributed by atoms with Crippen molar-refractivity contribution in [1.29, 1.82) is 0 Å². The molecule has 0 aliphatic carbocycles. The van der Waals surface area contributed by atoms with Gasteiger partial charge < -0.3 is 9.80 Å². The highest BCUT2D eigenvalue weighted by Crippen LogP contribution is 2.22. The van der Waals surface area contributed by atoms with Crippen LogP contribution < -0.4 is 4.90 Å². The number of hydrogen-bond donors (Lipinski definition) is 0. The van der Waals surface area contributed by atoms with Gasteiger partial charge in [0.1, 0.15) is 12.0 Å². The minimum absolute atomic E-state index is 0.293. The number of aryl methyl sites for hydroxylation is 1. The van der Waals surface area contributed by atoms with Gasteiger partial charge in [0.15, 0.2) is 17.5 Å². The molecule has 0 aromatic carbocycles. The fraction of sp³-hybridized carbons (Fsp3) is 0.385. The van der Waals surface area contributed by atoms with Gasteiger partial charge in [0.2, 0.25) is 6.41 Å². The predicted octanol–water partition coefficient (Wildman–Crippen LogP) is 0.295. The largest absolute Gasteiger partial charge is 0.351 e. The number of pyridine rings is 1. The maximum Gasteiger partial charge on any atom is 0.209 e. The van der Waals surface area contributed by atoms with Crippen molar-refractivity contribution in [2.45, 2.75) is 0 Å². The monoisotopic (exact) mass is 290 g/mol. The molecule has 110 valence electrons. The van der Waals surface area contributed by atoms with Crippen LogP contribution in [0.25, 0.3) is 11.5 Å². The van der Waals surface area contributed by atoms with Gasteiger partial charge >= 0.3 is 0 Å². The van der Waals surface area contributed by atoms with Crippen LogP contribution in [0.2, 0.25) is 0 Å². The van der Waals surface area contributed by atoms with E-state index in [1.807, 2.05) is 4.90 Å².